The van der Waals surface area contributed by atoms with E-state index in [2.05, 4.69) is 0 Å². The highest BCUT2D eigenvalue weighted by Crippen LogP contribution is 2.27. The van der Waals surface area contributed by atoms with Gasteiger partial charge in [-0.25, -0.2) is 0 Å². The largest absolute Gasteiger partial charge is 0.395 e. The highest BCUT2D eigenvalue weighted by molar-refractivity contribution is 5.51. The van der Waals surface area contributed by atoms with Gasteiger partial charge in [-0.15, -0.1) is 0 Å². The van der Waals surface area contributed by atoms with Crippen molar-refractivity contribution in [3.05, 3.63) is 71.8 Å². The average molecular weight is 255 g/mol. The van der Waals surface area contributed by atoms with Crippen molar-refractivity contribution in [2.45, 2.75) is 6.04 Å². The minimum Gasteiger partial charge on any atom is -0.395 e. The number of nitrogens with zero attached hydrogens (tertiary/aromatic N) is 1. The van der Waals surface area contributed by atoms with Gasteiger partial charge in [0.1, 0.15) is 0 Å². The molecule has 0 heterocycles. The summed E-state index contributed by atoms with van der Waals surface area (Å²) in [6, 6.07) is 19.5. The molecule has 0 fully saturated rings. The molecule has 19 heavy (non-hydrogen) atoms. The molecule has 2 rings (SSSR count). The van der Waals surface area contributed by atoms with Crippen LogP contribution in [0.3, 0.4) is 0 Å². The summed E-state index contributed by atoms with van der Waals surface area (Å²) in [4.78, 5) is 12.9. The average Bonchev–Trinajstić information content (AvgIpc) is 2.49. The van der Waals surface area contributed by atoms with E-state index in [1.807, 2.05) is 60.7 Å². The number of carbonyl (C=O) groups is 1. The first kappa shape index (κ1) is 13.3. The molecule has 2 aromatic carbocycles. The second-order valence-corrected chi connectivity index (χ2v) is 4.29. The molecular formula is C16H17NO2. The van der Waals surface area contributed by atoms with Crippen LogP contribution in [0.15, 0.2) is 60.7 Å². The van der Waals surface area contributed by atoms with Crippen molar-refractivity contribution >= 4 is 6.41 Å². The van der Waals surface area contributed by atoms with Crippen molar-refractivity contribution in [3.63, 3.8) is 0 Å². The molecule has 0 aromatic heterocycles. The van der Waals surface area contributed by atoms with Gasteiger partial charge in [0.25, 0.3) is 0 Å². The van der Waals surface area contributed by atoms with E-state index in [-0.39, 0.29) is 12.6 Å². The van der Waals surface area contributed by atoms with E-state index in [9.17, 15) is 4.79 Å². The van der Waals surface area contributed by atoms with E-state index in [1.165, 1.54) is 0 Å². The summed E-state index contributed by atoms with van der Waals surface area (Å²) in [6.45, 7) is 0.271. The van der Waals surface area contributed by atoms with E-state index in [0.29, 0.717) is 6.54 Å². The van der Waals surface area contributed by atoms with E-state index in [1.54, 1.807) is 4.90 Å². The Morgan fingerprint density at radius 3 is 1.79 bits per heavy atom. The van der Waals surface area contributed by atoms with E-state index >= 15 is 0 Å². The maximum absolute atomic E-state index is 11.3. The van der Waals surface area contributed by atoms with Crippen LogP contribution in [-0.2, 0) is 4.79 Å². The van der Waals surface area contributed by atoms with Crippen LogP contribution < -0.4 is 0 Å². The fourth-order valence-corrected chi connectivity index (χ4v) is 2.20. The van der Waals surface area contributed by atoms with Gasteiger partial charge in [0.15, 0.2) is 0 Å². The molecule has 1 N–H and O–H groups in total. The maximum Gasteiger partial charge on any atom is 0.210 e. The van der Waals surface area contributed by atoms with Crippen LogP contribution in [0.1, 0.15) is 17.2 Å². The minimum absolute atomic E-state index is 0.0467. The summed E-state index contributed by atoms with van der Waals surface area (Å²) in [5, 5.41) is 9.11. The molecular weight excluding hydrogens is 238 g/mol. The first-order valence-corrected chi connectivity index (χ1v) is 6.28. The number of aliphatic hydroxyl groups excluding tert-OH is 1. The fraction of sp³-hybridized carbons (Fsp3) is 0.188. The smallest absolute Gasteiger partial charge is 0.210 e. The second-order valence-electron chi connectivity index (χ2n) is 4.29. The van der Waals surface area contributed by atoms with Crippen LogP contribution in [-0.4, -0.2) is 29.6 Å². The van der Waals surface area contributed by atoms with Crippen molar-refractivity contribution in [1.82, 2.24) is 4.90 Å². The van der Waals surface area contributed by atoms with Gasteiger partial charge in [0.05, 0.1) is 12.6 Å². The molecule has 0 aliphatic heterocycles. The van der Waals surface area contributed by atoms with Gasteiger partial charge >= 0.3 is 0 Å². The zero-order valence-electron chi connectivity index (χ0n) is 10.6. The number of aliphatic hydroxyl groups is 1. The number of carbonyl (C=O) groups excluding carboxylic acids is 1. The number of benzene rings is 2. The van der Waals surface area contributed by atoms with Crippen molar-refractivity contribution in [3.8, 4) is 0 Å². The molecule has 3 heteroatoms. The zero-order valence-corrected chi connectivity index (χ0v) is 10.6. The Balaban J connectivity index is 2.41. The van der Waals surface area contributed by atoms with Crippen molar-refractivity contribution in [1.29, 1.82) is 0 Å². The predicted molar refractivity (Wildman–Crippen MR) is 74.6 cm³/mol. The SMILES string of the molecule is O=CN(CCO)C(c1ccccc1)c1ccccc1. The molecule has 98 valence electrons. The van der Waals surface area contributed by atoms with E-state index < -0.39 is 0 Å². The molecule has 0 aliphatic rings. The van der Waals surface area contributed by atoms with Crippen LogP contribution in [0.25, 0.3) is 0 Å². The van der Waals surface area contributed by atoms with Gasteiger partial charge in [-0.1, -0.05) is 60.7 Å². The highest BCUT2D eigenvalue weighted by atomic mass is 16.3. The Kier molecular flexibility index (Phi) is 4.70. The Hall–Kier alpha value is -2.13. The van der Waals surface area contributed by atoms with Gasteiger partial charge < -0.3 is 10.0 Å². The molecule has 2 aromatic rings. The molecule has 0 unspecified atom stereocenters. The normalized spacial score (nSPS) is 10.4. The van der Waals surface area contributed by atoms with E-state index in [0.717, 1.165) is 17.5 Å². The highest BCUT2D eigenvalue weighted by Gasteiger charge is 2.20. The molecule has 0 spiro atoms. The molecule has 0 saturated heterocycles. The van der Waals surface area contributed by atoms with Crippen molar-refractivity contribution in [2.24, 2.45) is 0 Å². The van der Waals surface area contributed by atoms with Crippen molar-refractivity contribution < 1.29 is 9.90 Å². The van der Waals surface area contributed by atoms with Gasteiger partial charge in [0, 0.05) is 6.54 Å². The summed E-state index contributed by atoms with van der Waals surface area (Å²) in [5.41, 5.74) is 2.07. The third-order valence-electron chi connectivity index (χ3n) is 3.06. The lowest BCUT2D eigenvalue weighted by Crippen LogP contribution is -2.31. The number of hydrogen-bond donors (Lipinski definition) is 1. The Morgan fingerprint density at radius 2 is 1.42 bits per heavy atom. The summed E-state index contributed by atoms with van der Waals surface area (Å²) in [6.07, 6.45) is 0.793. The van der Waals surface area contributed by atoms with Gasteiger partial charge in [-0.2, -0.15) is 0 Å². The molecule has 1 amide bonds. The topological polar surface area (TPSA) is 40.5 Å². The number of rotatable bonds is 6. The standard InChI is InChI=1S/C16H17NO2/c18-12-11-17(13-19)16(14-7-3-1-4-8-14)15-9-5-2-6-10-15/h1-10,13,16,18H,11-12H2. The van der Waals surface area contributed by atoms with Gasteiger partial charge in [-0.05, 0) is 11.1 Å². The van der Waals surface area contributed by atoms with Crippen LogP contribution in [0.5, 0.6) is 0 Å². The lowest BCUT2D eigenvalue weighted by molar-refractivity contribution is -0.120. The van der Waals surface area contributed by atoms with Crippen LogP contribution in [0.4, 0.5) is 0 Å². The molecule has 3 nitrogen and oxygen atoms in total. The maximum atomic E-state index is 11.3. The minimum atomic E-state index is -0.160. The molecule has 0 radical (unpaired) electrons. The summed E-state index contributed by atoms with van der Waals surface area (Å²) < 4.78 is 0. The molecule has 0 atom stereocenters. The Morgan fingerprint density at radius 1 is 0.947 bits per heavy atom. The first-order valence-electron chi connectivity index (χ1n) is 6.28. The zero-order chi connectivity index (χ0) is 13.5. The molecule has 0 bridgehead atoms. The second kappa shape index (κ2) is 6.71. The van der Waals surface area contributed by atoms with Crippen LogP contribution >= 0.6 is 0 Å². The summed E-state index contributed by atoms with van der Waals surface area (Å²) >= 11 is 0. The van der Waals surface area contributed by atoms with Gasteiger partial charge in [0.2, 0.25) is 6.41 Å². The molecule has 0 saturated carbocycles. The molecule has 0 aliphatic carbocycles. The van der Waals surface area contributed by atoms with Crippen LogP contribution in [0.2, 0.25) is 0 Å². The van der Waals surface area contributed by atoms with Crippen LogP contribution in [0, 0.1) is 0 Å². The summed E-state index contributed by atoms with van der Waals surface area (Å²) in [7, 11) is 0. The van der Waals surface area contributed by atoms with Crippen molar-refractivity contribution in [2.75, 3.05) is 13.2 Å². The monoisotopic (exact) mass is 255 g/mol. The number of hydrogen-bond acceptors (Lipinski definition) is 2. The predicted octanol–water partition coefficient (Wildman–Crippen LogP) is 2.23. The Bertz CT molecular complexity index is 459. The van der Waals surface area contributed by atoms with E-state index in [4.69, 9.17) is 5.11 Å². The lowest BCUT2D eigenvalue weighted by atomic mass is 9.97. The third kappa shape index (κ3) is 3.20. The Labute approximate surface area is 113 Å². The lowest BCUT2D eigenvalue weighted by Gasteiger charge is -2.28. The quantitative estimate of drug-likeness (QED) is 0.804. The first-order chi connectivity index (χ1) is 9.36. The summed E-state index contributed by atoms with van der Waals surface area (Å²) in [5.74, 6) is 0. The third-order valence-corrected chi connectivity index (χ3v) is 3.06. The van der Waals surface area contributed by atoms with Gasteiger partial charge in [-0.3, -0.25) is 4.79 Å². The number of amides is 1. The fourth-order valence-electron chi connectivity index (χ4n) is 2.20.